The highest BCUT2D eigenvalue weighted by Crippen LogP contribution is 2.38. The second kappa shape index (κ2) is 8.15. The van der Waals surface area contributed by atoms with Crippen molar-refractivity contribution in [1.82, 2.24) is 4.40 Å². The molecule has 1 saturated carbocycles. The molecule has 7 nitrogen and oxygen atoms in total. The van der Waals surface area contributed by atoms with Gasteiger partial charge in [-0.1, -0.05) is 31.4 Å². The molecule has 1 unspecified atom stereocenters. The van der Waals surface area contributed by atoms with Crippen LogP contribution in [0.2, 0.25) is 0 Å². The third-order valence-electron chi connectivity index (χ3n) is 7.14. The molecule has 2 aromatic heterocycles. The van der Waals surface area contributed by atoms with Crippen molar-refractivity contribution < 1.29 is 14.7 Å². The van der Waals surface area contributed by atoms with E-state index >= 15 is 0 Å². The third-order valence-corrected chi connectivity index (χ3v) is 7.14. The number of hydrogen-bond acceptors (Lipinski definition) is 4. The predicted molar refractivity (Wildman–Crippen MR) is 127 cm³/mol. The van der Waals surface area contributed by atoms with Crippen LogP contribution in [0.15, 0.2) is 41.3 Å². The van der Waals surface area contributed by atoms with Crippen LogP contribution in [-0.4, -0.2) is 27.4 Å². The number of rotatable bonds is 3. The van der Waals surface area contributed by atoms with Gasteiger partial charge < -0.3 is 16.2 Å². The Labute approximate surface area is 191 Å². The van der Waals surface area contributed by atoms with E-state index in [9.17, 15) is 19.5 Å². The Bertz CT molecular complexity index is 1350. The SMILES string of the molecule is Cc1c(-c2ccc3c(c2)NC(=O)C(N)C3)ccn2c(=O)c(C(=O)O)cc(C3CCCCC3)c12. The summed E-state index contributed by atoms with van der Waals surface area (Å²) in [4.78, 5) is 36.9. The number of nitrogens with one attached hydrogen (secondary N) is 1. The van der Waals surface area contributed by atoms with Gasteiger partial charge in [0.1, 0.15) is 5.56 Å². The van der Waals surface area contributed by atoms with Gasteiger partial charge in [0.25, 0.3) is 5.56 Å². The van der Waals surface area contributed by atoms with Crippen molar-refractivity contribution in [3.63, 3.8) is 0 Å². The minimum atomic E-state index is -1.20. The van der Waals surface area contributed by atoms with E-state index in [1.807, 2.05) is 31.2 Å². The van der Waals surface area contributed by atoms with Crippen LogP contribution in [0.25, 0.3) is 16.6 Å². The molecule has 1 aromatic carbocycles. The molecule has 170 valence electrons. The number of anilines is 1. The molecule has 2 aliphatic rings. The number of amides is 1. The second-order valence-corrected chi connectivity index (χ2v) is 9.20. The van der Waals surface area contributed by atoms with Gasteiger partial charge in [-0.3, -0.25) is 14.0 Å². The van der Waals surface area contributed by atoms with E-state index in [1.165, 1.54) is 10.8 Å². The van der Waals surface area contributed by atoms with Crippen molar-refractivity contribution in [1.29, 1.82) is 0 Å². The van der Waals surface area contributed by atoms with Crippen molar-refractivity contribution in [2.45, 2.75) is 57.4 Å². The summed E-state index contributed by atoms with van der Waals surface area (Å²) >= 11 is 0. The number of nitrogens with two attached hydrogens (primary N) is 1. The number of carbonyl (C=O) groups excluding carboxylic acids is 1. The lowest BCUT2D eigenvalue weighted by atomic mass is 9.82. The van der Waals surface area contributed by atoms with Crippen LogP contribution in [0.5, 0.6) is 0 Å². The molecule has 3 aromatic rings. The van der Waals surface area contributed by atoms with Gasteiger partial charge in [0.15, 0.2) is 0 Å². The molecule has 0 radical (unpaired) electrons. The Hall–Kier alpha value is -3.45. The fraction of sp³-hybridized carbons (Fsp3) is 0.346. The zero-order chi connectivity index (χ0) is 23.3. The largest absolute Gasteiger partial charge is 0.477 e. The fourth-order valence-electron chi connectivity index (χ4n) is 5.38. The lowest BCUT2D eigenvalue weighted by molar-refractivity contribution is -0.117. The van der Waals surface area contributed by atoms with Gasteiger partial charge in [-0.05, 0) is 78.1 Å². The molecule has 1 aliphatic heterocycles. The first-order valence-electron chi connectivity index (χ1n) is 11.5. The zero-order valence-corrected chi connectivity index (χ0v) is 18.6. The van der Waals surface area contributed by atoms with E-state index < -0.39 is 17.6 Å². The van der Waals surface area contributed by atoms with Gasteiger partial charge in [-0.15, -0.1) is 0 Å². The maximum absolute atomic E-state index is 13.0. The predicted octanol–water partition coefficient (Wildman–Crippen LogP) is 3.84. The molecule has 4 N–H and O–H groups in total. The molecular weight excluding hydrogens is 418 g/mol. The summed E-state index contributed by atoms with van der Waals surface area (Å²) in [7, 11) is 0. The van der Waals surface area contributed by atoms with Crippen molar-refractivity contribution in [2.24, 2.45) is 5.73 Å². The van der Waals surface area contributed by atoms with E-state index in [-0.39, 0.29) is 17.4 Å². The number of carbonyl (C=O) groups is 2. The maximum atomic E-state index is 13.0. The Balaban J connectivity index is 1.71. The van der Waals surface area contributed by atoms with Crippen LogP contribution >= 0.6 is 0 Å². The average Bonchev–Trinajstić information content (AvgIpc) is 2.80. The number of aryl methyl sites for hydroxylation is 1. The molecule has 7 heteroatoms. The van der Waals surface area contributed by atoms with Gasteiger partial charge in [0.2, 0.25) is 5.91 Å². The number of benzene rings is 1. The molecular formula is C26H27N3O4. The molecule has 1 amide bonds. The Kier molecular flexibility index (Phi) is 5.29. The molecule has 1 fully saturated rings. The molecule has 3 heterocycles. The van der Waals surface area contributed by atoms with E-state index in [1.54, 1.807) is 12.3 Å². The van der Waals surface area contributed by atoms with Crippen molar-refractivity contribution in [2.75, 3.05) is 5.32 Å². The summed E-state index contributed by atoms with van der Waals surface area (Å²) in [6.45, 7) is 1.98. The fourth-order valence-corrected chi connectivity index (χ4v) is 5.38. The second-order valence-electron chi connectivity index (χ2n) is 9.20. The summed E-state index contributed by atoms with van der Waals surface area (Å²) in [6, 6.07) is 8.84. The molecule has 33 heavy (non-hydrogen) atoms. The van der Waals surface area contributed by atoms with E-state index in [2.05, 4.69) is 5.32 Å². The topological polar surface area (TPSA) is 114 Å². The Morgan fingerprint density at radius 2 is 1.88 bits per heavy atom. The number of aromatic carboxylic acids is 1. The van der Waals surface area contributed by atoms with Crippen LogP contribution < -0.4 is 16.6 Å². The Morgan fingerprint density at radius 3 is 2.61 bits per heavy atom. The Morgan fingerprint density at radius 1 is 1.12 bits per heavy atom. The van der Waals surface area contributed by atoms with Crippen molar-refractivity contribution in [3.8, 4) is 11.1 Å². The van der Waals surface area contributed by atoms with Crippen LogP contribution in [0.3, 0.4) is 0 Å². The van der Waals surface area contributed by atoms with Crippen LogP contribution in [0.1, 0.15) is 65.1 Å². The van der Waals surface area contributed by atoms with Crippen molar-refractivity contribution >= 4 is 23.1 Å². The first-order chi connectivity index (χ1) is 15.8. The van der Waals surface area contributed by atoms with Gasteiger partial charge in [0, 0.05) is 11.9 Å². The highest BCUT2D eigenvalue weighted by atomic mass is 16.4. The van der Waals surface area contributed by atoms with E-state index in [0.717, 1.165) is 64.7 Å². The quantitative estimate of drug-likeness (QED) is 0.567. The zero-order valence-electron chi connectivity index (χ0n) is 18.6. The first-order valence-corrected chi connectivity index (χ1v) is 11.5. The molecule has 0 bridgehead atoms. The van der Waals surface area contributed by atoms with Gasteiger partial charge >= 0.3 is 5.97 Å². The maximum Gasteiger partial charge on any atom is 0.341 e. The average molecular weight is 446 g/mol. The number of hydrogen-bond donors (Lipinski definition) is 3. The number of aromatic nitrogens is 1. The standard InChI is InChI=1S/C26H27N3O4/c1-14-18(16-7-8-17-11-21(27)24(30)28-22(17)12-16)9-10-29-23(14)19(15-5-3-2-4-6-15)13-20(25(29)31)26(32)33/h7-10,12-13,15,21H,2-6,11,27H2,1H3,(H,28,30)(H,32,33). The summed E-state index contributed by atoms with van der Waals surface area (Å²) in [6.07, 6.45) is 7.53. The summed E-state index contributed by atoms with van der Waals surface area (Å²) in [5, 5.41) is 12.5. The van der Waals surface area contributed by atoms with Crippen LogP contribution in [0.4, 0.5) is 5.69 Å². The van der Waals surface area contributed by atoms with Gasteiger partial charge in [-0.2, -0.15) is 0 Å². The molecule has 0 spiro atoms. The monoisotopic (exact) mass is 445 g/mol. The summed E-state index contributed by atoms with van der Waals surface area (Å²) < 4.78 is 1.49. The summed E-state index contributed by atoms with van der Waals surface area (Å²) in [5.41, 5.74) is 11.4. The molecule has 1 atom stereocenters. The van der Waals surface area contributed by atoms with E-state index in [4.69, 9.17) is 5.73 Å². The molecule has 5 rings (SSSR count). The highest BCUT2D eigenvalue weighted by molar-refractivity contribution is 5.98. The normalized spacial score (nSPS) is 18.7. The van der Waals surface area contributed by atoms with E-state index in [0.29, 0.717) is 6.42 Å². The lowest BCUT2D eigenvalue weighted by Gasteiger charge is -2.25. The molecule has 1 aliphatic carbocycles. The number of carboxylic acids is 1. The minimum absolute atomic E-state index is 0.187. The summed E-state index contributed by atoms with van der Waals surface area (Å²) in [5.74, 6) is -1.16. The van der Waals surface area contributed by atoms with Gasteiger partial charge in [0.05, 0.1) is 11.6 Å². The van der Waals surface area contributed by atoms with Crippen LogP contribution in [0, 0.1) is 6.92 Å². The smallest absolute Gasteiger partial charge is 0.341 e. The minimum Gasteiger partial charge on any atom is -0.477 e. The molecule has 0 saturated heterocycles. The number of pyridine rings is 2. The first kappa shape index (κ1) is 21.4. The highest BCUT2D eigenvalue weighted by Gasteiger charge is 2.26. The number of nitrogens with zero attached hydrogens (tertiary/aromatic N) is 1. The van der Waals surface area contributed by atoms with Gasteiger partial charge in [-0.25, -0.2) is 4.79 Å². The number of fused-ring (bicyclic) bond motifs is 2. The van der Waals surface area contributed by atoms with Crippen LogP contribution in [-0.2, 0) is 11.2 Å². The van der Waals surface area contributed by atoms with Crippen molar-refractivity contribution in [3.05, 3.63) is 69.1 Å². The lowest BCUT2D eigenvalue weighted by Crippen LogP contribution is -2.41. The third kappa shape index (κ3) is 3.62. The number of carboxylic acid groups (broad SMARTS) is 1.